The highest BCUT2D eigenvalue weighted by molar-refractivity contribution is 6.21. The van der Waals surface area contributed by atoms with Gasteiger partial charge in [0, 0.05) is 12.0 Å². The van der Waals surface area contributed by atoms with E-state index in [-0.39, 0.29) is 18.4 Å². The number of carbonyl (C=O) groups is 3. The van der Waals surface area contributed by atoms with Gasteiger partial charge in [-0.3, -0.25) is 14.4 Å². The maximum absolute atomic E-state index is 14.3. The molecule has 37 heavy (non-hydrogen) atoms. The number of esters is 1. The summed E-state index contributed by atoms with van der Waals surface area (Å²) in [6.07, 6.45) is -0.603. The summed E-state index contributed by atoms with van der Waals surface area (Å²) in [4.78, 5) is 41.3. The molecule has 0 fully saturated rings. The molecule has 190 valence electrons. The molecule has 1 amide bonds. The third-order valence-electron chi connectivity index (χ3n) is 6.58. The summed E-state index contributed by atoms with van der Waals surface area (Å²) in [7, 11) is 0. The number of ether oxygens (including phenoxy) is 1. The fraction of sp³-hybridized carbons (Fsp3) is 0.267. The molecule has 0 aromatic heterocycles. The Morgan fingerprint density at radius 1 is 0.946 bits per heavy atom. The van der Waals surface area contributed by atoms with Gasteiger partial charge < -0.3 is 4.74 Å². The molecule has 1 aliphatic heterocycles. The SMILES string of the molecule is CC1=NN(c2ccccc2)C(=O)[C@@]1(Cc1ccccc1)[C@@H](CC(=O)c1ccc(F)cc1)C(=O)OC(C)C. The minimum atomic E-state index is -1.46. The first-order chi connectivity index (χ1) is 17.7. The topological polar surface area (TPSA) is 76.0 Å². The van der Waals surface area contributed by atoms with Crippen LogP contribution in [0.3, 0.4) is 0 Å². The quantitative estimate of drug-likeness (QED) is 0.282. The van der Waals surface area contributed by atoms with E-state index in [0.717, 1.165) is 5.56 Å². The first-order valence-electron chi connectivity index (χ1n) is 12.2. The van der Waals surface area contributed by atoms with Gasteiger partial charge in [0.05, 0.1) is 23.4 Å². The van der Waals surface area contributed by atoms with Crippen LogP contribution in [-0.2, 0) is 20.7 Å². The molecule has 0 unspecified atom stereocenters. The minimum Gasteiger partial charge on any atom is -0.463 e. The number of nitrogens with zero attached hydrogens (tertiary/aromatic N) is 2. The van der Waals surface area contributed by atoms with Crippen LogP contribution < -0.4 is 5.01 Å². The van der Waals surface area contributed by atoms with Gasteiger partial charge in [0.15, 0.2) is 5.78 Å². The van der Waals surface area contributed by atoms with Crippen LogP contribution in [0.1, 0.15) is 43.1 Å². The molecule has 1 aliphatic rings. The van der Waals surface area contributed by atoms with Gasteiger partial charge >= 0.3 is 5.97 Å². The number of para-hydroxylation sites is 1. The highest BCUT2D eigenvalue weighted by Crippen LogP contribution is 2.44. The average molecular weight is 501 g/mol. The predicted octanol–water partition coefficient (Wildman–Crippen LogP) is 5.62. The molecular weight excluding hydrogens is 471 g/mol. The van der Waals surface area contributed by atoms with Crippen molar-refractivity contribution in [1.82, 2.24) is 0 Å². The van der Waals surface area contributed by atoms with E-state index in [2.05, 4.69) is 5.10 Å². The van der Waals surface area contributed by atoms with Crippen LogP contribution in [0, 0.1) is 17.2 Å². The second kappa shape index (κ2) is 10.9. The standard InChI is InChI=1S/C30H29FN2O4/c1-20(2)37-28(35)26(18-27(34)23-14-16-24(31)17-15-23)30(19-22-10-6-4-7-11-22)21(3)32-33(29(30)36)25-12-8-5-9-13-25/h4-17,20,26H,18-19H2,1-3H3/t26-,30+/m0/s1. The molecule has 0 bridgehead atoms. The van der Waals surface area contributed by atoms with Gasteiger partial charge in [-0.2, -0.15) is 10.1 Å². The molecule has 0 saturated heterocycles. The van der Waals surface area contributed by atoms with Crippen molar-refractivity contribution in [3.63, 3.8) is 0 Å². The van der Waals surface area contributed by atoms with Gasteiger partial charge in [-0.05, 0) is 69.2 Å². The fourth-order valence-electron chi connectivity index (χ4n) is 4.73. The van der Waals surface area contributed by atoms with Gasteiger partial charge in [0.25, 0.3) is 5.91 Å². The number of amides is 1. The molecule has 0 aliphatic carbocycles. The van der Waals surface area contributed by atoms with E-state index in [1.165, 1.54) is 29.3 Å². The Hall–Kier alpha value is -4.13. The third kappa shape index (κ3) is 5.35. The molecule has 2 atom stereocenters. The summed E-state index contributed by atoms with van der Waals surface area (Å²) in [6.45, 7) is 5.14. The monoisotopic (exact) mass is 500 g/mol. The summed E-state index contributed by atoms with van der Waals surface area (Å²) < 4.78 is 19.1. The van der Waals surface area contributed by atoms with E-state index in [9.17, 15) is 18.8 Å². The highest BCUT2D eigenvalue weighted by atomic mass is 19.1. The second-order valence-electron chi connectivity index (χ2n) is 9.44. The molecule has 0 radical (unpaired) electrons. The van der Waals surface area contributed by atoms with Crippen molar-refractivity contribution in [1.29, 1.82) is 0 Å². The van der Waals surface area contributed by atoms with Gasteiger partial charge in [0.1, 0.15) is 11.2 Å². The molecule has 7 heteroatoms. The first kappa shape index (κ1) is 25.9. The molecule has 6 nitrogen and oxygen atoms in total. The first-order valence-corrected chi connectivity index (χ1v) is 12.2. The lowest BCUT2D eigenvalue weighted by molar-refractivity contribution is -0.158. The zero-order chi connectivity index (χ0) is 26.6. The predicted molar refractivity (Wildman–Crippen MR) is 140 cm³/mol. The van der Waals surface area contributed by atoms with Gasteiger partial charge in [0.2, 0.25) is 0 Å². The number of anilines is 1. The number of Topliss-reactive ketones (excluding diaryl/α,β-unsaturated/α-hetero) is 1. The van der Waals surface area contributed by atoms with Crippen molar-refractivity contribution in [2.45, 2.75) is 39.7 Å². The van der Waals surface area contributed by atoms with Crippen molar-refractivity contribution in [2.24, 2.45) is 16.4 Å². The summed E-state index contributed by atoms with van der Waals surface area (Å²) in [5, 5.41) is 5.90. The third-order valence-corrected chi connectivity index (χ3v) is 6.58. The van der Waals surface area contributed by atoms with Crippen molar-refractivity contribution < 1.29 is 23.5 Å². The van der Waals surface area contributed by atoms with Crippen LogP contribution >= 0.6 is 0 Å². The smallest absolute Gasteiger partial charge is 0.311 e. The lowest BCUT2D eigenvalue weighted by atomic mass is 9.66. The molecule has 1 heterocycles. The lowest BCUT2D eigenvalue weighted by Gasteiger charge is -2.35. The summed E-state index contributed by atoms with van der Waals surface area (Å²) in [5.41, 5.74) is 0.583. The second-order valence-corrected chi connectivity index (χ2v) is 9.44. The number of benzene rings is 3. The molecular formula is C30H29FN2O4. The number of rotatable bonds is 9. The maximum Gasteiger partial charge on any atom is 0.311 e. The summed E-state index contributed by atoms with van der Waals surface area (Å²) >= 11 is 0. The Bertz CT molecular complexity index is 1310. The Balaban J connectivity index is 1.83. The zero-order valence-electron chi connectivity index (χ0n) is 21.1. The average Bonchev–Trinajstić information content (AvgIpc) is 3.13. The molecule has 3 aromatic carbocycles. The van der Waals surface area contributed by atoms with Crippen molar-refractivity contribution in [2.75, 3.05) is 5.01 Å². The van der Waals surface area contributed by atoms with Crippen LogP contribution in [0.4, 0.5) is 10.1 Å². The van der Waals surface area contributed by atoms with Crippen molar-refractivity contribution in [3.05, 3.63) is 102 Å². The largest absolute Gasteiger partial charge is 0.463 e. The van der Waals surface area contributed by atoms with Crippen LogP contribution in [0.25, 0.3) is 0 Å². The molecule has 0 N–H and O–H groups in total. The summed E-state index contributed by atoms with van der Waals surface area (Å²) in [5.74, 6) is -3.08. The van der Waals surface area contributed by atoms with E-state index >= 15 is 0 Å². The van der Waals surface area contributed by atoms with Crippen LogP contribution in [0.2, 0.25) is 0 Å². The Labute approximate surface area is 215 Å². The Morgan fingerprint density at radius 3 is 2.14 bits per heavy atom. The fourth-order valence-corrected chi connectivity index (χ4v) is 4.73. The molecule has 0 saturated carbocycles. The van der Waals surface area contributed by atoms with Crippen LogP contribution in [0.15, 0.2) is 90.0 Å². The minimum absolute atomic E-state index is 0.153. The number of hydrogen-bond donors (Lipinski definition) is 0. The van der Waals surface area contributed by atoms with E-state index < -0.39 is 40.9 Å². The van der Waals surface area contributed by atoms with Gasteiger partial charge in [-0.15, -0.1) is 0 Å². The van der Waals surface area contributed by atoms with Crippen molar-refractivity contribution in [3.8, 4) is 0 Å². The zero-order valence-corrected chi connectivity index (χ0v) is 21.1. The Morgan fingerprint density at radius 2 is 1.54 bits per heavy atom. The van der Waals surface area contributed by atoms with E-state index in [1.54, 1.807) is 45.0 Å². The molecule has 0 spiro atoms. The van der Waals surface area contributed by atoms with Gasteiger partial charge in [-0.1, -0.05) is 48.5 Å². The molecule has 4 rings (SSSR count). The van der Waals surface area contributed by atoms with E-state index in [1.807, 2.05) is 36.4 Å². The number of ketones is 1. The maximum atomic E-state index is 14.3. The lowest BCUT2D eigenvalue weighted by Crippen LogP contribution is -2.51. The number of carbonyl (C=O) groups excluding carboxylic acids is 3. The normalized spacial score (nSPS) is 18.0. The van der Waals surface area contributed by atoms with E-state index in [0.29, 0.717) is 11.4 Å². The summed E-state index contributed by atoms with van der Waals surface area (Å²) in [6, 6.07) is 23.4. The number of halogens is 1. The molecule has 3 aromatic rings. The highest BCUT2D eigenvalue weighted by Gasteiger charge is 2.58. The number of hydrogen-bond acceptors (Lipinski definition) is 5. The van der Waals surface area contributed by atoms with Crippen LogP contribution in [-0.4, -0.2) is 29.5 Å². The van der Waals surface area contributed by atoms with E-state index in [4.69, 9.17) is 4.74 Å². The Kier molecular flexibility index (Phi) is 7.62. The van der Waals surface area contributed by atoms with Crippen LogP contribution in [0.5, 0.6) is 0 Å². The van der Waals surface area contributed by atoms with Crippen molar-refractivity contribution >= 4 is 29.1 Å². The number of hydrazone groups is 1. The van der Waals surface area contributed by atoms with Gasteiger partial charge in [-0.25, -0.2) is 4.39 Å².